The molecule has 1 aliphatic heterocycles. The van der Waals surface area contributed by atoms with Crippen LogP contribution in [0.1, 0.15) is 30.6 Å². The molecule has 0 saturated carbocycles. The topological polar surface area (TPSA) is 55.6 Å². The first-order chi connectivity index (χ1) is 9.02. The molecule has 2 N–H and O–H groups in total. The largest absolute Gasteiger partial charge is 0.465 e. The molecule has 4 heteroatoms. The first kappa shape index (κ1) is 13.9. The minimum absolute atomic E-state index is 0.0428. The number of nitrogens with zero attached hydrogens (tertiary/aromatic N) is 1. The van der Waals surface area contributed by atoms with Gasteiger partial charge in [-0.2, -0.15) is 0 Å². The van der Waals surface area contributed by atoms with Crippen molar-refractivity contribution in [2.24, 2.45) is 11.7 Å². The van der Waals surface area contributed by atoms with Gasteiger partial charge < -0.3 is 15.4 Å². The Labute approximate surface area is 114 Å². The molecule has 1 aromatic carbocycles. The van der Waals surface area contributed by atoms with Crippen LogP contribution < -0.4 is 10.6 Å². The lowest BCUT2D eigenvalue weighted by Crippen LogP contribution is -2.45. The molecule has 1 heterocycles. The normalized spacial score (nSPS) is 21.5. The number of carbonyl (C=O) groups is 1. The fraction of sp³-hybridized carbons (Fsp3) is 0.533. The molecule has 1 unspecified atom stereocenters. The summed E-state index contributed by atoms with van der Waals surface area (Å²) in [5.74, 6) is 0.154. The predicted molar refractivity (Wildman–Crippen MR) is 76.4 cm³/mol. The number of hydrogen-bond donors (Lipinski definition) is 1. The molecule has 0 bridgehead atoms. The molecule has 1 saturated heterocycles. The van der Waals surface area contributed by atoms with Crippen LogP contribution in [0.25, 0.3) is 0 Å². The van der Waals surface area contributed by atoms with Crippen LogP contribution in [0.3, 0.4) is 0 Å². The third kappa shape index (κ3) is 2.32. The highest BCUT2D eigenvalue weighted by Gasteiger charge is 2.41. The summed E-state index contributed by atoms with van der Waals surface area (Å²) in [5.41, 5.74) is 7.37. The highest BCUT2D eigenvalue weighted by atomic mass is 16.5. The van der Waals surface area contributed by atoms with E-state index in [0.29, 0.717) is 18.0 Å². The summed E-state index contributed by atoms with van der Waals surface area (Å²) in [7, 11) is 1.41. The molecule has 1 aromatic rings. The number of rotatable bonds is 3. The Balaban J connectivity index is 2.40. The van der Waals surface area contributed by atoms with Crippen LogP contribution in [0.4, 0.5) is 5.69 Å². The molecule has 2 rings (SSSR count). The van der Waals surface area contributed by atoms with E-state index >= 15 is 0 Å². The maximum absolute atomic E-state index is 11.9. The molecule has 1 atom stereocenters. The van der Waals surface area contributed by atoms with Crippen molar-refractivity contribution in [3.63, 3.8) is 0 Å². The molecule has 0 aromatic heterocycles. The monoisotopic (exact) mass is 262 g/mol. The molecule has 0 radical (unpaired) electrons. The summed E-state index contributed by atoms with van der Waals surface area (Å²) in [5, 5.41) is 0. The van der Waals surface area contributed by atoms with Gasteiger partial charge in [-0.1, -0.05) is 12.1 Å². The van der Waals surface area contributed by atoms with Gasteiger partial charge in [-0.3, -0.25) is 0 Å². The highest BCUT2D eigenvalue weighted by Crippen LogP contribution is 2.39. The van der Waals surface area contributed by atoms with E-state index in [9.17, 15) is 4.79 Å². The van der Waals surface area contributed by atoms with Crippen LogP contribution in [0.15, 0.2) is 24.3 Å². The molecule has 104 valence electrons. The van der Waals surface area contributed by atoms with E-state index in [1.54, 1.807) is 0 Å². The van der Waals surface area contributed by atoms with Crippen LogP contribution in [0.2, 0.25) is 0 Å². The third-order valence-electron chi connectivity index (χ3n) is 4.28. The van der Waals surface area contributed by atoms with Crippen molar-refractivity contribution in [3.05, 3.63) is 29.8 Å². The second-order valence-corrected chi connectivity index (χ2v) is 5.54. The zero-order chi connectivity index (χ0) is 14.0. The van der Waals surface area contributed by atoms with Gasteiger partial charge in [0.1, 0.15) is 0 Å². The van der Waals surface area contributed by atoms with E-state index < -0.39 is 0 Å². The minimum atomic E-state index is -0.289. The van der Waals surface area contributed by atoms with E-state index in [-0.39, 0.29) is 11.5 Å². The summed E-state index contributed by atoms with van der Waals surface area (Å²) in [6.45, 7) is 5.96. The molecular formula is C15H22N2O2. The number of esters is 1. The Morgan fingerprint density at radius 1 is 1.47 bits per heavy atom. The molecule has 19 heavy (non-hydrogen) atoms. The second kappa shape index (κ2) is 5.21. The van der Waals surface area contributed by atoms with Gasteiger partial charge in [-0.25, -0.2) is 4.79 Å². The number of carbonyl (C=O) groups excluding carboxylic acids is 1. The number of para-hydroxylation sites is 1. The highest BCUT2D eigenvalue weighted by molar-refractivity contribution is 5.96. The van der Waals surface area contributed by atoms with Crippen LogP contribution >= 0.6 is 0 Å². The van der Waals surface area contributed by atoms with Gasteiger partial charge in [-0.05, 0) is 44.9 Å². The molecule has 0 amide bonds. The Hall–Kier alpha value is -1.55. The molecule has 1 aliphatic rings. The zero-order valence-corrected chi connectivity index (χ0v) is 11.8. The van der Waals surface area contributed by atoms with E-state index in [0.717, 1.165) is 18.7 Å². The number of benzene rings is 1. The van der Waals surface area contributed by atoms with Gasteiger partial charge in [0.15, 0.2) is 0 Å². The van der Waals surface area contributed by atoms with Gasteiger partial charge >= 0.3 is 5.97 Å². The van der Waals surface area contributed by atoms with Crippen molar-refractivity contribution < 1.29 is 9.53 Å². The lowest BCUT2D eigenvalue weighted by atomic mass is 9.88. The average Bonchev–Trinajstić information content (AvgIpc) is 2.72. The van der Waals surface area contributed by atoms with Gasteiger partial charge in [0.25, 0.3) is 0 Å². The zero-order valence-electron chi connectivity index (χ0n) is 11.8. The molecule has 4 nitrogen and oxygen atoms in total. The SMILES string of the molecule is COC(=O)c1ccccc1N1CCC(CN)C1(C)C. The van der Waals surface area contributed by atoms with Crippen molar-refractivity contribution in [1.29, 1.82) is 0 Å². The van der Waals surface area contributed by atoms with Crippen molar-refractivity contribution in [2.45, 2.75) is 25.8 Å². The Morgan fingerprint density at radius 2 is 2.16 bits per heavy atom. The maximum Gasteiger partial charge on any atom is 0.339 e. The van der Waals surface area contributed by atoms with Crippen LogP contribution in [-0.2, 0) is 4.74 Å². The van der Waals surface area contributed by atoms with E-state index in [2.05, 4.69) is 18.7 Å². The first-order valence-corrected chi connectivity index (χ1v) is 6.67. The fourth-order valence-corrected chi connectivity index (χ4v) is 2.98. The van der Waals surface area contributed by atoms with Crippen LogP contribution in [0.5, 0.6) is 0 Å². The second-order valence-electron chi connectivity index (χ2n) is 5.54. The minimum Gasteiger partial charge on any atom is -0.465 e. The quantitative estimate of drug-likeness (QED) is 0.847. The lowest BCUT2D eigenvalue weighted by molar-refractivity contribution is 0.0601. The summed E-state index contributed by atoms with van der Waals surface area (Å²) < 4.78 is 4.87. The Kier molecular flexibility index (Phi) is 3.80. The summed E-state index contributed by atoms with van der Waals surface area (Å²) >= 11 is 0. The van der Waals surface area contributed by atoms with Gasteiger partial charge in [0, 0.05) is 12.1 Å². The lowest BCUT2D eigenvalue weighted by Gasteiger charge is -2.38. The number of ether oxygens (including phenoxy) is 1. The smallest absolute Gasteiger partial charge is 0.339 e. The molecular weight excluding hydrogens is 240 g/mol. The van der Waals surface area contributed by atoms with Gasteiger partial charge in [0.05, 0.1) is 18.4 Å². The molecule has 0 aliphatic carbocycles. The first-order valence-electron chi connectivity index (χ1n) is 6.67. The van der Waals surface area contributed by atoms with E-state index in [4.69, 9.17) is 10.5 Å². The Bertz CT molecular complexity index is 471. The van der Waals surface area contributed by atoms with Gasteiger partial charge in [-0.15, -0.1) is 0 Å². The summed E-state index contributed by atoms with van der Waals surface area (Å²) in [6.07, 6.45) is 1.05. The van der Waals surface area contributed by atoms with Crippen molar-refractivity contribution in [2.75, 3.05) is 25.1 Å². The number of anilines is 1. The summed E-state index contributed by atoms with van der Waals surface area (Å²) in [4.78, 5) is 14.2. The van der Waals surface area contributed by atoms with E-state index in [1.807, 2.05) is 24.3 Å². The fourth-order valence-electron chi connectivity index (χ4n) is 2.98. The Morgan fingerprint density at radius 3 is 2.74 bits per heavy atom. The maximum atomic E-state index is 11.9. The van der Waals surface area contributed by atoms with Gasteiger partial charge in [0.2, 0.25) is 0 Å². The number of nitrogens with two attached hydrogens (primary N) is 1. The number of hydrogen-bond acceptors (Lipinski definition) is 4. The van der Waals surface area contributed by atoms with Crippen LogP contribution in [-0.4, -0.2) is 31.7 Å². The molecule has 1 fully saturated rings. The average molecular weight is 262 g/mol. The van der Waals surface area contributed by atoms with Crippen molar-refractivity contribution in [1.82, 2.24) is 0 Å². The predicted octanol–water partition coefficient (Wildman–Crippen LogP) is 2.04. The third-order valence-corrected chi connectivity index (χ3v) is 4.28. The van der Waals surface area contributed by atoms with Crippen LogP contribution in [0, 0.1) is 5.92 Å². The summed E-state index contributed by atoms with van der Waals surface area (Å²) in [6, 6.07) is 7.60. The number of methoxy groups -OCH3 is 1. The standard InChI is InChI=1S/C15H22N2O2/c1-15(2)11(10-16)8-9-17(15)13-7-5-4-6-12(13)14(18)19-3/h4-7,11H,8-10,16H2,1-3H3. The molecule has 0 spiro atoms. The van der Waals surface area contributed by atoms with E-state index in [1.165, 1.54) is 7.11 Å². The van der Waals surface area contributed by atoms with Crippen molar-refractivity contribution in [3.8, 4) is 0 Å². The van der Waals surface area contributed by atoms with Crippen molar-refractivity contribution >= 4 is 11.7 Å².